The number of nitrogens with one attached hydrogen (secondary N) is 7. The highest BCUT2D eigenvalue weighted by Gasteiger charge is 2.19. The van der Waals surface area contributed by atoms with Gasteiger partial charge in [-0.15, -0.1) is 0 Å². The van der Waals surface area contributed by atoms with Crippen LogP contribution >= 0.6 is 0 Å². The maximum atomic E-state index is 11.6. The zero-order valence-electron chi connectivity index (χ0n) is 18.5. The van der Waals surface area contributed by atoms with Crippen molar-refractivity contribution >= 4 is 47.3 Å². The lowest BCUT2D eigenvalue weighted by Gasteiger charge is -2.12. The maximum absolute atomic E-state index is 11.6. The van der Waals surface area contributed by atoms with Gasteiger partial charge in [0.25, 0.3) is 0 Å². The molecule has 1 atom stereocenters. The molecule has 0 aliphatic heterocycles. The minimum Gasteiger partial charge on any atom is -0.480 e. The van der Waals surface area contributed by atoms with Crippen LogP contribution in [-0.4, -0.2) is 116 Å². The van der Waals surface area contributed by atoms with Gasteiger partial charge in [0.05, 0.1) is 52.4 Å². The summed E-state index contributed by atoms with van der Waals surface area (Å²) in [4.78, 5) is 90.9. The summed E-state index contributed by atoms with van der Waals surface area (Å²) in [6.45, 7) is -4.16. The molecule has 0 aliphatic carbocycles. The molecule has 0 spiro atoms. The number of rotatable bonds is 16. The van der Waals surface area contributed by atoms with E-state index in [0.29, 0.717) is 0 Å². The summed E-state index contributed by atoms with van der Waals surface area (Å²) in [5.74, 6) is -6.54. The molecule has 35 heavy (non-hydrogen) atoms. The lowest BCUT2D eigenvalue weighted by atomic mass is 10.3. The van der Waals surface area contributed by atoms with E-state index in [4.69, 9.17) is 15.9 Å². The zero-order chi connectivity index (χ0) is 26.8. The Hall–Kier alpha value is -4.32. The zero-order valence-corrected chi connectivity index (χ0v) is 18.5. The fourth-order valence-electron chi connectivity index (χ4n) is 1.89. The monoisotopic (exact) mass is 504 g/mol. The van der Waals surface area contributed by atoms with Crippen molar-refractivity contribution in [2.24, 2.45) is 5.73 Å². The van der Waals surface area contributed by atoms with Crippen molar-refractivity contribution < 1.29 is 48.6 Å². The minimum absolute atomic E-state index is 0.296. The van der Waals surface area contributed by atoms with Gasteiger partial charge in [0.15, 0.2) is 0 Å². The van der Waals surface area contributed by atoms with Crippen LogP contribution < -0.4 is 43.0 Å². The Kier molecular flexibility index (Phi) is 15.1. The van der Waals surface area contributed by atoms with Crippen molar-refractivity contribution in [2.75, 3.05) is 52.4 Å². The molecule has 0 heterocycles. The molecule has 0 saturated heterocycles. The molecule has 0 fully saturated rings. The van der Waals surface area contributed by atoms with Crippen LogP contribution in [0.25, 0.3) is 0 Å². The summed E-state index contributed by atoms with van der Waals surface area (Å²) in [5, 5.41) is 32.4. The molecular weight excluding hydrogens is 476 g/mol. The van der Waals surface area contributed by atoms with Crippen LogP contribution in [0.1, 0.15) is 0 Å². The van der Waals surface area contributed by atoms with E-state index < -0.39 is 92.7 Å². The van der Waals surface area contributed by atoms with Gasteiger partial charge in [0.2, 0.25) is 41.4 Å². The third kappa shape index (κ3) is 16.0. The number of aliphatic carboxylic acids is 1. The average molecular weight is 504 g/mol. The van der Waals surface area contributed by atoms with Crippen LogP contribution in [0.2, 0.25) is 0 Å². The van der Waals surface area contributed by atoms with Crippen molar-refractivity contribution in [1.29, 1.82) is 0 Å². The summed E-state index contributed by atoms with van der Waals surface area (Å²) < 4.78 is 0. The Balaban J connectivity index is 3.98. The number of hydrogen-bond donors (Lipinski definition) is 10. The molecule has 18 heteroatoms. The third-order valence-corrected chi connectivity index (χ3v) is 3.68. The molecule has 0 aromatic rings. The average Bonchev–Trinajstić information content (AvgIpc) is 2.83. The van der Waals surface area contributed by atoms with Gasteiger partial charge in [-0.1, -0.05) is 0 Å². The number of carbonyl (C=O) groups is 8. The number of aliphatic hydroxyl groups excluding tert-OH is 1. The molecule has 196 valence electrons. The van der Waals surface area contributed by atoms with Crippen molar-refractivity contribution in [2.45, 2.75) is 6.04 Å². The van der Waals surface area contributed by atoms with Gasteiger partial charge < -0.3 is 53.2 Å². The largest absolute Gasteiger partial charge is 0.480 e. The number of nitrogens with two attached hydrogens (primary N) is 1. The summed E-state index contributed by atoms with van der Waals surface area (Å²) in [7, 11) is 0. The quantitative estimate of drug-likeness (QED) is 0.0941. The number of carboxylic acids is 1. The predicted molar refractivity (Wildman–Crippen MR) is 114 cm³/mol. The standard InChI is InChI=1S/C17H28N8O10/c18-1-10(27)19-2-11(28)20-3-12(29)21-4-13(30)22-5-14(31)23-6-15(32)24-7-16(33)25-9(8-26)17(34)35/h9,26H,1-8,18H2,(H,19,27)(H,20,28)(H,21,29)(H,22,30)(H,23,31)(H,24,32)(H,25,33)(H,34,35)/t9-/m0/s1. The second kappa shape index (κ2) is 17.2. The molecule has 0 aromatic carbocycles. The smallest absolute Gasteiger partial charge is 0.328 e. The molecule has 0 bridgehead atoms. The van der Waals surface area contributed by atoms with Gasteiger partial charge in [0, 0.05) is 0 Å². The second-order valence-electron chi connectivity index (χ2n) is 6.51. The van der Waals surface area contributed by atoms with Gasteiger partial charge in [-0.3, -0.25) is 33.6 Å². The summed E-state index contributed by atoms with van der Waals surface area (Å²) in [6, 6.07) is -1.53. The van der Waals surface area contributed by atoms with Crippen LogP contribution in [0.3, 0.4) is 0 Å². The first kappa shape index (κ1) is 30.7. The van der Waals surface area contributed by atoms with E-state index in [1.54, 1.807) is 0 Å². The number of carboxylic acid groups (broad SMARTS) is 1. The number of amides is 7. The van der Waals surface area contributed by atoms with E-state index in [1.165, 1.54) is 0 Å². The molecule has 0 radical (unpaired) electrons. The van der Waals surface area contributed by atoms with Crippen molar-refractivity contribution in [3.05, 3.63) is 0 Å². The van der Waals surface area contributed by atoms with Crippen molar-refractivity contribution in [3.63, 3.8) is 0 Å². The Morgan fingerprint density at radius 2 is 0.829 bits per heavy atom. The lowest BCUT2D eigenvalue weighted by molar-refractivity contribution is -0.142. The topological polar surface area (TPSA) is 287 Å². The van der Waals surface area contributed by atoms with E-state index in [1.807, 2.05) is 5.32 Å². The molecule has 0 aromatic heterocycles. The molecule has 0 rings (SSSR count). The molecular formula is C17H28N8O10. The van der Waals surface area contributed by atoms with Crippen molar-refractivity contribution in [1.82, 2.24) is 37.2 Å². The van der Waals surface area contributed by atoms with Gasteiger partial charge in [0.1, 0.15) is 6.04 Å². The SMILES string of the molecule is NCC(=O)NCC(=O)NCC(=O)NCC(=O)NCC(=O)NCC(=O)NCC(=O)N[C@@H](CO)C(=O)O. The summed E-state index contributed by atoms with van der Waals surface area (Å²) in [6.07, 6.45) is 0. The van der Waals surface area contributed by atoms with Gasteiger partial charge in [-0.2, -0.15) is 0 Å². The van der Waals surface area contributed by atoms with Crippen LogP contribution in [0.15, 0.2) is 0 Å². The molecule has 18 nitrogen and oxygen atoms in total. The molecule has 7 amide bonds. The van der Waals surface area contributed by atoms with Gasteiger partial charge in [-0.25, -0.2) is 4.79 Å². The molecule has 0 aliphatic rings. The van der Waals surface area contributed by atoms with Crippen molar-refractivity contribution in [3.8, 4) is 0 Å². The Morgan fingerprint density at radius 1 is 0.543 bits per heavy atom. The highest BCUT2D eigenvalue weighted by atomic mass is 16.4. The predicted octanol–water partition coefficient (Wildman–Crippen LogP) is -7.80. The minimum atomic E-state index is -1.53. The fraction of sp³-hybridized carbons (Fsp3) is 0.529. The maximum Gasteiger partial charge on any atom is 0.328 e. The summed E-state index contributed by atoms with van der Waals surface area (Å²) >= 11 is 0. The Bertz CT molecular complexity index is 819. The molecule has 0 saturated carbocycles. The summed E-state index contributed by atoms with van der Waals surface area (Å²) in [5.41, 5.74) is 5.05. The lowest BCUT2D eigenvalue weighted by Crippen LogP contribution is -2.49. The normalized spacial score (nSPS) is 10.7. The van der Waals surface area contributed by atoms with Crippen LogP contribution in [0.5, 0.6) is 0 Å². The van der Waals surface area contributed by atoms with Gasteiger partial charge >= 0.3 is 5.97 Å². The third-order valence-electron chi connectivity index (χ3n) is 3.68. The van der Waals surface area contributed by atoms with E-state index in [9.17, 15) is 38.4 Å². The molecule has 11 N–H and O–H groups in total. The first-order chi connectivity index (χ1) is 16.5. The van der Waals surface area contributed by atoms with E-state index in [2.05, 4.69) is 31.9 Å². The highest BCUT2D eigenvalue weighted by Crippen LogP contribution is 1.82. The van der Waals surface area contributed by atoms with E-state index in [0.717, 1.165) is 0 Å². The van der Waals surface area contributed by atoms with E-state index >= 15 is 0 Å². The van der Waals surface area contributed by atoms with Crippen LogP contribution in [0, 0.1) is 0 Å². The number of aliphatic hydroxyl groups is 1. The van der Waals surface area contributed by atoms with Crippen LogP contribution in [0.4, 0.5) is 0 Å². The molecule has 0 unspecified atom stereocenters. The van der Waals surface area contributed by atoms with E-state index in [-0.39, 0.29) is 13.1 Å². The van der Waals surface area contributed by atoms with Crippen LogP contribution in [-0.2, 0) is 38.4 Å². The number of hydrogen-bond acceptors (Lipinski definition) is 10. The first-order valence-electron chi connectivity index (χ1n) is 9.91. The highest BCUT2D eigenvalue weighted by molar-refractivity contribution is 5.92. The second-order valence-corrected chi connectivity index (χ2v) is 6.51. The first-order valence-corrected chi connectivity index (χ1v) is 9.91. The number of carbonyl (C=O) groups excluding carboxylic acids is 7. The Morgan fingerprint density at radius 3 is 1.09 bits per heavy atom. The fourth-order valence-corrected chi connectivity index (χ4v) is 1.89. The van der Waals surface area contributed by atoms with Gasteiger partial charge in [-0.05, 0) is 0 Å². The Labute approximate surface area is 198 Å².